The maximum atomic E-state index is 10.2. The molecule has 0 amide bonds. The van der Waals surface area contributed by atoms with E-state index in [1.807, 2.05) is 0 Å². The molecule has 0 aliphatic carbocycles. The van der Waals surface area contributed by atoms with Crippen LogP contribution in [0.2, 0.25) is 0 Å². The number of aryl methyl sites for hydroxylation is 1. The lowest BCUT2D eigenvalue weighted by atomic mass is 10.4. The molecule has 1 aromatic heterocycles. The Labute approximate surface area is 75.2 Å². The van der Waals surface area contributed by atoms with Crippen LogP contribution in [0.4, 0.5) is 6.01 Å². The molecule has 1 N–H and O–H groups in total. The highest BCUT2D eigenvalue weighted by Gasteiger charge is 2.09. The van der Waals surface area contributed by atoms with Crippen molar-refractivity contribution in [3.05, 3.63) is 5.82 Å². The molecule has 0 bridgehead atoms. The maximum absolute atomic E-state index is 10.2. The van der Waals surface area contributed by atoms with Gasteiger partial charge in [-0.15, -0.1) is 0 Å². The molecule has 1 heterocycles. The highest BCUT2D eigenvalue weighted by Crippen LogP contribution is 2.07. The second kappa shape index (κ2) is 3.88. The zero-order valence-electron chi connectivity index (χ0n) is 7.52. The molecule has 0 unspecified atom stereocenters. The van der Waals surface area contributed by atoms with Crippen molar-refractivity contribution in [1.29, 1.82) is 0 Å². The van der Waals surface area contributed by atoms with E-state index in [1.54, 1.807) is 18.9 Å². The third kappa shape index (κ3) is 2.73. The van der Waals surface area contributed by atoms with Gasteiger partial charge in [0.15, 0.2) is 5.82 Å². The van der Waals surface area contributed by atoms with Crippen molar-refractivity contribution in [2.75, 3.05) is 18.5 Å². The van der Waals surface area contributed by atoms with Crippen molar-refractivity contribution < 1.29 is 14.4 Å². The molecule has 0 atom stereocenters. The topological polar surface area (TPSA) is 79.5 Å². The average molecular weight is 185 g/mol. The van der Waals surface area contributed by atoms with Crippen molar-refractivity contribution in [1.82, 2.24) is 10.1 Å². The van der Waals surface area contributed by atoms with Crippen LogP contribution in [-0.2, 0) is 4.79 Å². The third-order valence-electron chi connectivity index (χ3n) is 1.50. The Hall–Kier alpha value is -1.59. The summed E-state index contributed by atoms with van der Waals surface area (Å²) in [6.45, 7) is 2.06. The van der Waals surface area contributed by atoms with Gasteiger partial charge in [0.2, 0.25) is 0 Å². The first kappa shape index (κ1) is 9.50. The van der Waals surface area contributed by atoms with Crippen molar-refractivity contribution in [2.24, 2.45) is 0 Å². The molecule has 1 rings (SSSR count). The van der Waals surface area contributed by atoms with Gasteiger partial charge in [0.1, 0.15) is 0 Å². The third-order valence-corrected chi connectivity index (χ3v) is 1.50. The Morgan fingerprint density at radius 1 is 1.69 bits per heavy atom. The molecular weight excluding hydrogens is 174 g/mol. The van der Waals surface area contributed by atoms with Crippen LogP contribution in [0.15, 0.2) is 4.52 Å². The highest BCUT2D eigenvalue weighted by atomic mass is 16.5. The van der Waals surface area contributed by atoms with Crippen molar-refractivity contribution >= 4 is 12.0 Å². The maximum Gasteiger partial charge on any atom is 0.323 e. The van der Waals surface area contributed by atoms with Crippen LogP contribution in [0.3, 0.4) is 0 Å². The Morgan fingerprint density at radius 3 is 2.85 bits per heavy atom. The molecule has 0 aliphatic rings. The van der Waals surface area contributed by atoms with Gasteiger partial charge in [-0.2, -0.15) is 4.98 Å². The molecule has 0 aromatic carbocycles. The molecule has 0 saturated heterocycles. The van der Waals surface area contributed by atoms with Gasteiger partial charge in [-0.05, 0) is 6.92 Å². The number of anilines is 1. The molecule has 0 saturated carbocycles. The summed E-state index contributed by atoms with van der Waals surface area (Å²) in [6.07, 6.45) is 0.0535. The molecular formula is C7H11N3O3. The molecule has 6 heteroatoms. The Kier molecular flexibility index (Phi) is 2.84. The van der Waals surface area contributed by atoms with E-state index >= 15 is 0 Å². The Balaban J connectivity index is 2.48. The second-order valence-corrected chi connectivity index (χ2v) is 2.69. The molecule has 0 spiro atoms. The van der Waals surface area contributed by atoms with Crippen LogP contribution in [0.5, 0.6) is 0 Å². The van der Waals surface area contributed by atoms with Gasteiger partial charge in [0.25, 0.3) is 0 Å². The Bertz CT molecular complexity index is 297. The van der Waals surface area contributed by atoms with Crippen LogP contribution in [0.1, 0.15) is 12.2 Å². The summed E-state index contributed by atoms with van der Waals surface area (Å²) in [7, 11) is 1.70. The van der Waals surface area contributed by atoms with Gasteiger partial charge in [0.05, 0.1) is 6.42 Å². The lowest BCUT2D eigenvalue weighted by Gasteiger charge is -2.10. The zero-order chi connectivity index (χ0) is 9.84. The quantitative estimate of drug-likeness (QED) is 0.726. The smallest absolute Gasteiger partial charge is 0.323 e. The summed E-state index contributed by atoms with van der Waals surface area (Å²) in [5, 5.41) is 12.0. The van der Waals surface area contributed by atoms with Crippen LogP contribution >= 0.6 is 0 Å². The number of carboxylic acid groups (broad SMARTS) is 1. The fraction of sp³-hybridized carbons (Fsp3) is 0.571. The summed E-state index contributed by atoms with van der Waals surface area (Å²) in [4.78, 5) is 15.8. The van der Waals surface area contributed by atoms with Gasteiger partial charge in [-0.25, -0.2) is 0 Å². The first-order valence-corrected chi connectivity index (χ1v) is 3.83. The predicted octanol–water partition coefficient (Wildman–Crippen LogP) is 0.289. The first-order chi connectivity index (χ1) is 6.09. The number of aliphatic carboxylic acids is 1. The van der Waals surface area contributed by atoms with Crippen molar-refractivity contribution in [3.8, 4) is 0 Å². The second-order valence-electron chi connectivity index (χ2n) is 2.69. The number of hydrogen-bond donors (Lipinski definition) is 1. The summed E-state index contributed by atoms with van der Waals surface area (Å²) in [5.74, 6) is -0.305. The van der Waals surface area contributed by atoms with Gasteiger partial charge in [0, 0.05) is 13.6 Å². The number of carboxylic acids is 1. The number of nitrogens with zero attached hydrogens (tertiary/aromatic N) is 3. The first-order valence-electron chi connectivity index (χ1n) is 3.83. The normalized spacial score (nSPS) is 10.0. The molecule has 0 radical (unpaired) electrons. The van der Waals surface area contributed by atoms with E-state index in [4.69, 9.17) is 9.63 Å². The van der Waals surface area contributed by atoms with E-state index < -0.39 is 5.97 Å². The van der Waals surface area contributed by atoms with Crippen molar-refractivity contribution in [2.45, 2.75) is 13.3 Å². The van der Waals surface area contributed by atoms with E-state index in [9.17, 15) is 4.79 Å². The van der Waals surface area contributed by atoms with E-state index in [2.05, 4.69) is 10.1 Å². The van der Waals surface area contributed by atoms with Gasteiger partial charge in [-0.1, -0.05) is 5.16 Å². The molecule has 13 heavy (non-hydrogen) atoms. The summed E-state index contributed by atoms with van der Waals surface area (Å²) < 4.78 is 4.83. The average Bonchev–Trinajstić information content (AvgIpc) is 2.47. The molecule has 1 aromatic rings. The summed E-state index contributed by atoms with van der Waals surface area (Å²) in [6, 6.07) is 0.346. The SMILES string of the molecule is Cc1noc(N(C)CCC(=O)O)n1. The lowest BCUT2D eigenvalue weighted by molar-refractivity contribution is -0.136. The lowest BCUT2D eigenvalue weighted by Crippen LogP contribution is -2.21. The minimum absolute atomic E-state index is 0.0535. The van der Waals surface area contributed by atoms with Gasteiger partial charge < -0.3 is 14.5 Å². The van der Waals surface area contributed by atoms with E-state index in [0.717, 1.165) is 0 Å². The number of carbonyl (C=O) groups is 1. The van der Waals surface area contributed by atoms with Gasteiger partial charge >= 0.3 is 12.0 Å². The highest BCUT2D eigenvalue weighted by molar-refractivity contribution is 5.67. The van der Waals surface area contributed by atoms with Crippen LogP contribution in [0, 0.1) is 6.92 Å². The standard InChI is InChI=1S/C7H11N3O3/c1-5-8-7(13-9-5)10(2)4-3-6(11)12/h3-4H2,1-2H3,(H,11,12). The van der Waals surface area contributed by atoms with Crippen LogP contribution in [0.25, 0.3) is 0 Å². The summed E-state index contributed by atoms with van der Waals surface area (Å²) in [5.41, 5.74) is 0. The number of rotatable bonds is 4. The van der Waals surface area contributed by atoms with Crippen molar-refractivity contribution in [3.63, 3.8) is 0 Å². The minimum atomic E-state index is -0.844. The predicted molar refractivity (Wildman–Crippen MR) is 44.6 cm³/mol. The minimum Gasteiger partial charge on any atom is -0.481 e. The number of hydrogen-bond acceptors (Lipinski definition) is 5. The van der Waals surface area contributed by atoms with Crippen LogP contribution < -0.4 is 4.90 Å². The molecule has 72 valence electrons. The Morgan fingerprint density at radius 2 is 2.38 bits per heavy atom. The van der Waals surface area contributed by atoms with E-state index in [1.165, 1.54) is 0 Å². The fourth-order valence-electron chi connectivity index (χ4n) is 0.800. The fourth-order valence-corrected chi connectivity index (χ4v) is 0.800. The van der Waals surface area contributed by atoms with E-state index in [-0.39, 0.29) is 6.42 Å². The number of aromatic nitrogens is 2. The van der Waals surface area contributed by atoms with E-state index in [0.29, 0.717) is 18.4 Å². The van der Waals surface area contributed by atoms with Crippen LogP contribution in [-0.4, -0.2) is 34.8 Å². The molecule has 0 aliphatic heterocycles. The van der Waals surface area contributed by atoms with Gasteiger partial charge in [-0.3, -0.25) is 4.79 Å². The monoisotopic (exact) mass is 185 g/mol. The molecule has 6 nitrogen and oxygen atoms in total. The zero-order valence-corrected chi connectivity index (χ0v) is 7.52. The summed E-state index contributed by atoms with van der Waals surface area (Å²) >= 11 is 0. The molecule has 0 fully saturated rings. The largest absolute Gasteiger partial charge is 0.481 e.